The summed E-state index contributed by atoms with van der Waals surface area (Å²) in [5, 5.41) is 3.30. The minimum absolute atomic E-state index is 0.00881. The zero-order valence-electron chi connectivity index (χ0n) is 20.9. The Balaban J connectivity index is 1.21. The Kier molecular flexibility index (Phi) is 7.21. The van der Waals surface area contributed by atoms with E-state index in [0.29, 0.717) is 30.3 Å². The molecule has 13 heteroatoms. The van der Waals surface area contributed by atoms with Crippen molar-refractivity contribution in [3.05, 3.63) is 70.4 Å². The fraction of sp³-hybridized carbons (Fsp3) is 0.360. The maximum Gasteiger partial charge on any atom is 0.254 e. The summed E-state index contributed by atoms with van der Waals surface area (Å²) in [6.07, 6.45) is 5.84. The molecule has 1 fully saturated rings. The fourth-order valence-electron chi connectivity index (χ4n) is 5.01. The van der Waals surface area contributed by atoms with E-state index in [9.17, 15) is 17.6 Å². The Morgan fingerprint density at radius 3 is 2.74 bits per heavy atom. The van der Waals surface area contributed by atoms with E-state index in [1.807, 2.05) is 11.8 Å². The van der Waals surface area contributed by atoms with Crippen LogP contribution < -0.4 is 10.0 Å². The van der Waals surface area contributed by atoms with Crippen LogP contribution in [0, 0.1) is 5.82 Å². The SMILES string of the molecule is C[C@@H]1C[C@@H](N2Cc3cnc(Nc4cc(F)cc(Cl)c4)nc3C2)CCN1C(=O)c1ccnc(NS(C)(=O)=O)c1. The van der Waals surface area contributed by atoms with Crippen LogP contribution in [0.25, 0.3) is 0 Å². The molecule has 38 heavy (non-hydrogen) atoms. The van der Waals surface area contributed by atoms with Gasteiger partial charge in [0, 0.05) is 65.9 Å². The molecule has 5 rings (SSSR count). The van der Waals surface area contributed by atoms with E-state index in [2.05, 4.69) is 29.9 Å². The number of likely N-dealkylation sites (tertiary alicyclic amines) is 1. The average molecular weight is 560 g/mol. The third kappa shape index (κ3) is 6.03. The van der Waals surface area contributed by atoms with Crippen molar-refractivity contribution in [1.82, 2.24) is 24.8 Å². The van der Waals surface area contributed by atoms with Gasteiger partial charge in [0.25, 0.3) is 5.91 Å². The standard InChI is InChI=1S/C25H27ClFN7O3S/c1-15-7-21(4-6-34(15)24(35)16-3-5-28-23(8-16)32-38(2,36)37)33-13-17-12-29-25(31-22(17)14-33)30-20-10-18(26)9-19(27)11-20/h3,5,8-12,15,21H,4,6-7,13-14H2,1-2H3,(H,28,32)(H,29,30,31)/t15-,21+/m1/s1. The molecule has 10 nitrogen and oxygen atoms in total. The largest absolute Gasteiger partial charge is 0.336 e. The number of benzene rings is 1. The number of nitrogens with zero attached hydrogens (tertiary/aromatic N) is 5. The summed E-state index contributed by atoms with van der Waals surface area (Å²) >= 11 is 5.94. The number of amides is 1. The Morgan fingerprint density at radius 2 is 2.00 bits per heavy atom. The van der Waals surface area contributed by atoms with E-state index in [4.69, 9.17) is 11.6 Å². The minimum Gasteiger partial charge on any atom is -0.336 e. The number of hydrogen-bond acceptors (Lipinski definition) is 8. The van der Waals surface area contributed by atoms with Gasteiger partial charge >= 0.3 is 0 Å². The van der Waals surface area contributed by atoms with Gasteiger partial charge in [-0.15, -0.1) is 0 Å². The number of carbonyl (C=O) groups is 1. The van der Waals surface area contributed by atoms with Gasteiger partial charge in [0.1, 0.15) is 11.6 Å². The third-order valence-electron chi connectivity index (χ3n) is 6.72. The van der Waals surface area contributed by atoms with Crippen molar-refractivity contribution in [3.63, 3.8) is 0 Å². The van der Waals surface area contributed by atoms with Crippen LogP contribution in [0.4, 0.5) is 21.8 Å². The first-order valence-corrected chi connectivity index (χ1v) is 14.4. The van der Waals surface area contributed by atoms with Crippen LogP contribution in [0.1, 0.15) is 41.4 Å². The summed E-state index contributed by atoms with van der Waals surface area (Å²) in [6.45, 7) is 3.98. The molecular formula is C25H27ClFN7O3S. The molecule has 1 amide bonds. The molecule has 2 aromatic heterocycles. The average Bonchev–Trinajstić information content (AvgIpc) is 3.25. The number of nitrogens with one attached hydrogen (secondary N) is 2. The molecule has 1 saturated heterocycles. The number of pyridine rings is 1. The Hall–Kier alpha value is -3.35. The van der Waals surface area contributed by atoms with Crippen LogP contribution in [0.2, 0.25) is 5.02 Å². The number of fused-ring (bicyclic) bond motifs is 1. The van der Waals surface area contributed by atoms with E-state index >= 15 is 0 Å². The van der Waals surface area contributed by atoms with E-state index in [1.54, 1.807) is 18.3 Å². The lowest BCUT2D eigenvalue weighted by Gasteiger charge is -2.41. The summed E-state index contributed by atoms with van der Waals surface area (Å²) in [5.41, 5.74) is 2.82. The molecule has 0 radical (unpaired) electrons. The number of hydrogen-bond donors (Lipinski definition) is 2. The zero-order chi connectivity index (χ0) is 27.0. The molecule has 0 bridgehead atoms. The second kappa shape index (κ2) is 10.4. The quantitative estimate of drug-likeness (QED) is 0.468. The summed E-state index contributed by atoms with van der Waals surface area (Å²) in [4.78, 5) is 30.4. The van der Waals surface area contributed by atoms with Gasteiger partial charge in [-0.2, -0.15) is 0 Å². The number of aromatic nitrogens is 3. The van der Waals surface area contributed by atoms with Gasteiger partial charge in [-0.3, -0.25) is 14.4 Å². The van der Waals surface area contributed by atoms with Crippen molar-refractivity contribution >= 4 is 45.0 Å². The topological polar surface area (TPSA) is 120 Å². The predicted octanol–water partition coefficient (Wildman–Crippen LogP) is 3.79. The first-order valence-electron chi connectivity index (χ1n) is 12.1. The van der Waals surface area contributed by atoms with Crippen LogP contribution in [0.5, 0.6) is 0 Å². The number of carbonyl (C=O) groups excluding carboxylic acids is 1. The highest BCUT2D eigenvalue weighted by molar-refractivity contribution is 7.92. The van der Waals surface area contributed by atoms with Crippen LogP contribution in [0.3, 0.4) is 0 Å². The second-order valence-corrected chi connectivity index (χ2v) is 11.9. The number of sulfonamides is 1. The first-order chi connectivity index (χ1) is 18.0. The molecule has 1 aromatic carbocycles. The zero-order valence-corrected chi connectivity index (χ0v) is 22.4. The van der Waals surface area contributed by atoms with Gasteiger partial charge in [0.2, 0.25) is 16.0 Å². The third-order valence-corrected chi connectivity index (χ3v) is 7.52. The van der Waals surface area contributed by atoms with Crippen molar-refractivity contribution in [3.8, 4) is 0 Å². The minimum atomic E-state index is -3.49. The molecule has 0 saturated carbocycles. The molecule has 2 aliphatic rings. The van der Waals surface area contributed by atoms with Crippen LogP contribution in [-0.2, 0) is 23.1 Å². The van der Waals surface area contributed by atoms with Crippen LogP contribution >= 0.6 is 11.6 Å². The molecule has 200 valence electrons. The molecular weight excluding hydrogens is 533 g/mol. The molecule has 0 spiro atoms. The van der Waals surface area contributed by atoms with Crippen LogP contribution in [0.15, 0.2) is 42.7 Å². The monoisotopic (exact) mass is 559 g/mol. The van der Waals surface area contributed by atoms with Gasteiger partial charge < -0.3 is 10.2 Å². The lowest BCUT2D eigenvalue weighted by molar-refractivity contribution is 0.0460. The van der Waals surface area contributed by atoms with E-state index in [1.165, 1.54) is 24.4 Å². The van der Waals surface area contributed by atoms with Gasteiger partial charge in [-0.25, -0.2) is 27.8 Å². The van der Waals surface area contributed by atoms with Crippen molar-refractivity contribution in [2.75, 3.05) is 22.8 Å². The van der Waals surface area contributed by atoms with E-state index in [-0.39, 0.29) is 28.8 Å². The number of piperidine rings is 1. The molecule has 4 heterocycles. The van der Waals surface area contributed by atoms with Gasteiger partial charge in [-0.05, 0) is 50.1 Å². The summed E-state index contributed by atoms with van der Waals surface area (Å²) in [7, 11) is -3.49. The molecule has 2 atom stereocenters. The summed E-state index contributed by atoms with van der Waals surface area (Å²) in [6, 6.07) is 7.49. The van der Waals surface area contributed by atoms with Gasteiger partial charge in [-0.1, -0.05) is 11.6 Å². The normalized spacial score (nSPS) is 19.7. The van der Waals surface area contributed by atoms with Crippen LogP contribution in [-0.4, -0.2) is 64.0 Å². The van der Waals surface area contributed by atoms with E-state index in [0.717, 1.165) is 36.9 Å². The fourth-order valence-corrected chi connectivity index (χ4v) is 5.72. The maximum absolute atomic E-state index is 13.7. The van der Waals surface area contributed by atoms with Crippen molar-refractivity contribution in [1.29, 1.82) is 0 Å². The number of rotatable bonds is 6. The molecule has 0 aliphatic carbocycles. The lowest BCUT2D eigenvalue weighted by atomic mass is 9.96. The summed E-state index contributed by atoms with van der Waals surface area (Å²) in [5.74, 6) is -0.103. The Labute approximate surface area is 225 Å². The highest BCUT2D eigenvalue weighted by Crippen LogP contribution is 2.31. The predicted molar refractivity (Wildman–Crippen MR) is 142 cm³/mol. The first kappa shape index (κ1) is 26.3. The number of halogens is 2. The van der Waals surface area contributed by atoms with Crippen molar-refractivity contribution in [2.45, 2.75) is 44.9 Å². The molecule has 2 N–H and O–H groups in total. The van der Waals surface area contributed by atoms with Gasteiger partial charge in [0.15, 0.2) is 0 Å². The lowest BCUT2D eigenvalue weighted by Crippen LogP contribution is -2.50. The van der Waals surface area contributed by atoms with Gasteiger partial charge in [0.05, 0.1) is 11.9 Å². The summed E-state index contributed by atoms with van der Waals surface area (Å²) < 4.78 is 39.0. The molecule has 0 unspecified atom stereocenters. The highest BCUT2D eigenvalue weighted by Gasteiger charge is 2.35. The molecule has 2 aliphatic heterocycles. The Morgan fingerprint density at radius 1 is 1.18 bits per heavy atom. The second-order valence-electron chi connectivity index (χ2n) is 9.68. The molecule has 3 aromatic rings. The van der Waals surface area contributed by atoms with Crippen molar-refractivity contribution in [2.24, 2.45) is 0 Å². The maximum atomic E-state index is 13.7. The van der Waals surface area contributed by atoms with Crippen molar-refractivity contribution < 1.29 is 17.6 Å². The highest BCUT2D eigenvalue weighted by atomic mass is 35.5. The Bertz CT molecular complexity index is 1470. The smallest absolute Gasteiger partial charge is 0.254 e. The van der Waals surface area contributed by atoms with E-state index < -0.39 is 15.8 Å². The number of anilines is 3.